The van der Waals surface area contributed by atoms with Crippen molar-refractivity contribution in [1.82, 2.24) is 20.1 Å². The number of benzene rings is 2. The fourth-order valence-electron chi connectivity index (χ4n) is 3.98. The van der Waals surface area contributed by atoms with Crippen LogP contribution in [0.25, 0.3) is 0 Å². The van der Waals surface area contributed by atoms with Crippen LogP contribution in [0.2, 0.25) is 0 Å². The molecule has 1 aromatic heterocycles. The Bertz CT molecular complexity index is 1040. The molecule has 6 nitrogen and oxygen atoms in total. The van der Waals surface area contributed by atoms with Crippen LogP contribution >= 0.6 is 0 Å². The zero-order valence-electron chi connectivity index (χ0n) is 17.3. The van der Waals surface area contributed by atoms with Gasteiger partial charge in [-0.3, -0.25) is 4.79 Å². The maximum Gasteiger partial charge on any atom is 0.416 e. The molecule has 1 aliphatic rings. The minimum absolute atomic E-state index is 0.282. The Balaban J connectivity index is 1.48. The van der Waals surface area contributed by atoms with E-state index in [1.54, 1.807) is 17.1 Å². The molecule has 1 aliphatic heterocycles. The van der Waals surface area contributed by atoms with Gasteiger partial charge in [0.1, 0.15) is 12.7 Å². The summed E-state index contributed by atoms with van der Waals surface area (Å²) < 4.78 is 46.9. The maximum atomic E-state index is 13.3. The van der Waals surface area contributed by atoms with Gasteiger partial charge in [-0.15, -0.1) is 0 Å². The van der Waals surface area contributed by atoms with Gasteiger partial charge >= 0.3 is 6.18 Å². The zero-order chi connectivity index (χ0) is 22.6. The van der Waals surface area contributed by atoms with E-state index in [9.17, 15) is 18.0 Å². The zero-order valence-corrected chi connectivity index (χ0v) is 17.3. The summed E-state index contributed by atoms with van der Waals surface area (Å²) in [5.41, 5.74) is 0.502. The second kappa shape index (κ2) is 9.12. The van der Waals surface area contributed by atoms with Crippen molar-refractivity contribution in [1.29, 1.82) is 0 Å². The molecular formula is C23H23F3N4O2. The van der Waals surface area contributed by atoms with E-state index in [4.69, 9.17) is 4.74 Å². The first-order valence-corrected chi connectivity index (χ1v) is 10.3. The lowest BCUT2D eigenvalue weighted by atomic mass is 9.73. The van der Waals surface area contributed by atoms with Gasteiger partial charge in [0, 0.05) is 19.8 Å². The van der Waals surface area contributed by atoms with E-state index in [0.29, 0.717) is 38.2 Å². The molecule has 1 amide bonds. The van der Waals surface area contributed by atoms with Gasteiger partial charge in [-0.05, 0) is 35.6 Å². The predicted molar refractivity (Wildman–Crippen MR) is 111 cm³/mol. The molecule has 3 aromatic rings. The van der Waals surface area contributed by atoms with E-state index in [2.05, 4.69) is 15.4 Å². The molecule has 4 rings (SSSR count). The van der Waals surface area contributed by atoms with Crippen molar-refractivity contribution >= 4 is 5.91 Å². The molecule has 2 heterocycles. The van der Waals surface area contributed by atoms with Crippen LogP contribution in [0.15, 0.2) is 61.2 Å². The number of carbonyl (C=O) groups is 1. The number of alkyl halides is 3. The normalized spacial score (nSPS) is 16.0. The van der Waals surface area contributed by atoms with E-state index in [1.807, 2.05) is 24.3 Å². The van der Waals surface area contributed by atoms with Crippen molar-refractivity contribution in [3.05, 3.63) is 83.4 Å². The van der Waals surface area contributed by atoms with E-state index in [0.717, 1.165) is 23.3 Å². The van der Waals surface area contributed by atoms with Crippen LogP contribution in [0, 0.1) is 0 Å². The summed E-state index contributed by atoms with van der Waals surface area (Å²) in [6.45, 7) is 1.51. The molecular weight excluding hydrogens is 421 g/mol. The minimum atomic E-state index is -4.47. The van der Waals surface area contributed by atoms with Crippen molar-refractivity contribution < 1.29 is 22.7 Å². The van der Waals surface area contributed by atoms with Gasteiger partial charge < -0.3 is 10.1 Å². The molecule has 1 N–H and O–H groups in total. The van der Waals surface area contributed by atoms with Gasteiger partial charge in [0.05, 0.1) is 17.5 Å². The SMILES string of the molecule is O=C(NCc1ccc(Cn2cncn2)cc1)C1(c2cccc(C(F)(F)F)c2)CCOCC1. The lowest BCUT2D eigenvalue weighted by Gasteiger charge is -2.36. The molecule has 0 spiro atoms. The molecule has 0 radical (unpaired) electrons. The number of ether oxygens (including phenoxy) is 1. The smallest absolute Gasteiger partial charge is 0.381 e. The third-order valence-corrected chi connectivity index (χ3v) is 5.81. The van der Waals surface area contributed by atoms with E-state index >= 15 is 0 Å². The number of amides is 1. The lowest BCUT2D eigenvalue weighted by molar-refractivity contribution is -0.138. The van der Waals surface area contributed by atoms with E-state index in [1.165, 1.54) is 12.4 Å². The van der Waals surface area contributed by atoms with E-state index < -0.39 is 17.2 Å². The molecule has 2 aromatic carbocycles. The van der Waals surface area contributed by atoms with Gasteiger partial charge in [0.2, 0.25) is 5.91 Å². The summed E-state index contributed by atoms with van der Waals surface area (Å²) in [4.78, 5) is 17.2. The fourth-order valence-corrected chi connectivity index (χ4v) is 3.98. The van der Waals surface area contributed by atoms with Crippen molar-refractivity contribution in [3.63, 3.8) is 0 Å². The molecule has 0 bridgehead atoms. The van der Waals surface area contributed by atoms with Crippen molar-refractivity contribution in [2.24, 2.45) is 0 Å². The van der Waals surface area contributed by atoms with Crippen LogP contribution in [0.3, 0.4) is 0 Å². The fraction of sp³-hybridized carbons (Fsp3) is 0.348. The Morgan fingerprint density at radius 2 is 1.81 bits per heavy atom. The van der Waals surface area contributed by atoms with Gasteiger partial charge in [0.15, 0.2) is 0 Å². The Kier molecular flexibility index (Phi) is 6.27. The molecule has 0 aliphatic carbocycles. The number of aromatic nitrogens is 3. The second-order valence-corrected chi connectivity index (χ2v) is 7.87. The van der Waals surface area contributed by atoms with Crippen LogP contribution in [-0.2, 0) is 34.2 Å². The number of carbonyl (C=O) groups excluding carboxylic acids is 1. The van der Waals surface area contributed by atoms with Crippen LogP contribution in [0.1, 0.15) is 35.1 Å². The highest BCUT2D eigenvalue weighted by atomic mass is 19.4. The molecule has 0 saturated carbocycles. The standard InChI is InChI=1S/C23H23F3N4O2/c24-23(25,26)20-3-1-2-19(12-20)22(8-10-32-11-9-22)21(31)28-13-17-4-6-18(7-5-17)14-30-16-27-15-29-30/h1-7,12,15-16H,8-11,13-14H2,(H,28,31). The van der Waals surface area contributed by atoms with Crippen LogP contribution in [-0.4, -0.2) is 33.9 Å². The number of nitrogens with zero attached hydrogens (tertiary/aromatic N) is 3. The summed E-state index contributed by atoms with van der Waals surface area (Å²) in [5.74, 6) is -0.285. The first-order chi connectivity index (χ1) is 15.4. The number of rotatable bonds is 6. The third-order valence-electron chi connectivity index (χ3n) is 5.81. The predicted octanol–water partition coefficient (Wildman–Crippen LogP) is 3.71. The summed E-state index contributed by atoms with van der Waals surface area (Å²) in [6, 6.07) is 12.8. The van der Waals surface area contributed by atoms with Gasteiger partial charge in [-0.2, -0.15) is 18.3 Å². The Labute approximate surface area is 183 Å². The summed E-state index contributed by atoms with van der Waals surface area (Å²) in [7, 11) is 0. The molecule has 0 atom stereocenters. The van der Waals surface area contributed by atoms with E-state index in [-0.39, 0.29) is 12.5 Å². The van der Waals surface area contributed by atoms with Crippen molar-refractivity contribution in [2.75, 3.05) is 13.2 Å². The topological polar surface area (TPSA) is 69.0 Å². The second-order valence-electron chi connectivity index (χ2n) is 7.87. The molecule has 168 valence electrons. The minimum Gasteiger partial charge on any atom is -0.381 e. The highest BCUT2D eigenvalue weighted by molar-refractivity contribution is 5.88. The number of nitrogens with one attached hydrogen (secondary N) is 1. The quantitative estimate of drug-likeness (QED) is 0.630. The molecule has 0 unspecified atom stereocenters. The first kappa shape index (κ1) is 22.0. The number of halogens is 3. The lowest BCUT2D eigenvalue weighted by Crippen LogP contribution is -2.47. The average molecular weight is 444 g/mol. The highest BCUT2D eigenvalue weighted by Crippen LogP contribution is 2.38. The Morgan fingerprint density at radius 1 is 1.09 bits per heavy atom. The average Bonchev–Trinajstić information content (AvgIpc) is 3.31. The van der Waals surface area contributed by atoms with Gasteiger partial charge in [-0.1, -0.05) is 42.5 Å². The summed E-state index contributed by atoms with van der Waals surface area (Å²) in [6.07, 6.45) is -0.698. The van der Waals surface area contributed by atoms with Gasteiger partial charge in [-0.25, -0.2) is 9.67 Å². The van der Waals surface area contributed by atoms with Crippen molar-refractivity contribution in [3.8, 4) is 0 Å². The summed E-state index contributed by atoms with van der Waals surface area (Å²) in [5, 5.41) is 7.00. The van der Waals surface area contributed by atoms with Crippen molar-refractivity contribution in [2.45, 2.75) is 37.5 Å². The monoisotopic (exact) mass is 444 g/mol. The largest absolute Gasteiger partial charge is 0.416 e. The maximum absolute atomic E-state index is 13.3. The third kappa shape index (κ3) is 4.83. The molecule has 1 fully saturated rings. The first-order valence-electron chi connectivity index (χ1n) is 10.3. The van der Waals surface area contributed by atoms with Gasteiger partial charge in [0.25, 0.3) is 0 Å². The highest BCUT2D eigenvalue weighted by Gasteiger charge is 2.43. The number of hydrogen-bond acceptors (Lipinski definition) is 4. The molecule has 9 heteroatoms. The van der Waals surface area contributed by atoms with Crippen LogP contribution in [0.5, 0.6) is 0 Å². The van der Waals surface area contributed by atoms with Crippen LogP contribution in [0.4, 0.5) is 13.2 Å². The Morgan fingerprint density at radius 3 is 2.47 bits per heavy atom. The Hall–Kier alpha value is -3.20. The van der Waals surface area contributed by atoms with Crippen LogP contribution < -0.4 is 5.32 Å². The summed E-state index contributed by atoms with van der Waals surface area (Å²) >= 11 is 0. The molecule has 32 heavy (non-hydrogen) atoms. The molecule has 1 saturated heterocycles. The number of hydrogen-bond donors (Lipinski definition) is 1.